The Hall–Kier alpha value is -3.84. The van der Waals surface area contributed by atoms with Gasteiger partial charge in [0.05, 0.1) is 23.7 Å². The number of benzene rings is 3. The van der Waals surface area contributed by atoms with Crippen molar-refractivity contribution in [3.63, 3.8) is 0 Å². The SMILES string of the molecule is COc1cc2c(Oc3ccc4ccccc4c3C(N)=O)ccnc2cc1OCC1(NCC2CC2)CC1. The molecule has 7 heteroatoms. The highest BCUT2D eigenvalue weighted by atomic mass is 16.5. The second kappa shape index (κ2) is 8.99. The number of rotatable bonds is 10. The number of carbonyl (C=O) groups excluding carboxylic acids is 1. The maximum absolute atomic E-state index is 12.4. The van der Waals surface area contributed by atoms with Crippen LogP contribution in [-0.4, -0.2) is 36.7 Å². The Balaban J connectivity index is 1.30. The molecule has 2 fully saturated rings. The summed E-state index contributed by atoms with van der Waals surface area (Å²) >= 11 is 0. The number of aromatic nitrogens is 1. The third-order valence-corrected chi connectivity index (χ3v) is 7.16. The normalized spacial score (nSPS) is 16.1. The van der Waals surface area contributed by atoms with Crippen LogP contribution < -0.4 is 25.3 Å². The number of hydrogen-bond donors (Lipinski definition) is 2. The molecular weight excluding hydrogens is 454 g/mol. The van der Waals surface area contributed by atoms with E-state index in [2.05, 4.69) is 10.3 Å². The molecule has 2 aliphatic carbocycles. The highest BCUT2D eigenvalue weighted by Crippen LogP contribution is 2.41. The quantitative estimate of drug-likeness (QED) is 0.322. The molecule has 0 unspecified atom stereocenters. The summed E-state index contributed by atoms with van der Waals surface area (Å²) in [5.74, 6) is 2.48. The Bertz CT molecular complexity index is 1460. The van der Waals surface area contributed by atoms with Crippen LogP contribution in [0.3, 0.4) is 0 Å². The smallest absolute Gasteiger partial charge is 0.253 e. The molecule has 1 heterocycles. The fraction of sp³-hybridized carbons (Fsp3) is 0.310. The van der Waals surface area contributed by atoms with E-state index in [0.29, 0.717) is 40.7 Å². The first kappa shape index (κ1) is 22.6. The van der Waals surface area contributed by atoms with Gasteiger partial charge in [0.15, 0.2) is 11.5 Å². The molecule has 0 bridgehead atoms. The van der Waals surface area contributed by atoms with E-state index < -0.39 is 5.91 Å². The number of nitrogens with one attached hydrogen (secondary N) is 1. The first-order valence-corrected chi connectivity index (χ1v) is 12.4. The molecule has 36 heavy (non-hydrogen) atoms. The lowest BCUT2D eigenvalue weighted by Gasteiger charge is -2.20. The summed E-state index contributed by atoms with van der Waals surface area (Å²) in [6.07, 6.45) is 6.59. The van der Waals surface area contributed by atoms with Crippen LogP contribution in [0.5, 0.6) is 23.0 Å². The van der Waals surface area contributed by atoms with Crippen molar-refractivity contribution in [1.29, 1.82) is 0 Å². The van der Waals surface area contributed by atoms with Crippen molar-refractivity contribution in [3.8, 4) is 23.0 Å². The third kappa shape index (κ3) is 4.42. The van der Waals surface area contributed by atoms with Gasteiger partial charge in [-0.3, -0.25) is 9.78 Å². The fourth-order valence-electron chi connectivity index (χ4n) is 4.62. The molecule has 0 atom stereocenters. The van der Waals surface area contributed by atoms with Gasteiger partial charge in [0.2, 0.25) is 0 Å². The molecule has 0 spiro atoms. The lowest BCUT2D eigenvalue weighted by molar-refractivity contribution is 0.1000. The van der Waals surface area contributed by atoms with Crippen LogP contribution in [0.4, 0.5) is 0 Å². The molecule has 0 aliphatic heterocycles. The van der Waals surface area contributed by atoms with Gasteiger partial charge in [-0.2, -0.15) is 0 Å². The van der Waals surface area contributed by atoms with E-state index in [9.17, 15) is 4.79 Å². The largest absolute Gasteiger partial charge is 0.493 e. The summed E-state index contributed by atoms with van der Waals surface area (Å²) in [4.78, 5) is 16.9. The predicted molar refractivity (Wildman–Crippen MR) is 139 cm³/mol. The van der Waals surface area contributed by atoms with Crippen LogP contribution in [0, 0.1) is 5.92 Å². The average Bonchev–Trinajstić information content (AvgIpc) is 3.82. The Morgan fingerprint density at radius 3 is 2.61 bits per heavy atom. The van der Waals surface area contributed by atoms with Crippen molar-refractivity contribution in [2.24, 2.45) is 11.7 Å². The highest BCUT2D eigenvalue weighted by molar-refractivity contribution is 6.09. The van der Waals surface area contributed by atoms with E-state index in [1.807, 2.05) is 42.5 Å². The molecule has 7 nitrogen and oxygen atoms in total. The molecule has 0 radical (unpaired) electrons. The Kier molecular flexibility index (Phi) is 5.64. The zero-order chi connectivity index (χ0) is 24.7. The van der Waals surface area contributed by atoms with Crippen molar-refractivity contribution >= 4 is 27.6 Å². The number of methoxy groups -OCH3 is 1. The maximum Gasteiger partial charge on any atom is 0.253 e. The van der Waals surface area contributed by atoms with Gasteiger partial charge < -0.3 is 25.3 Å². The number of pyridine rings is 1. The van der Waals surface area contributed by atoms with Crippen LogP contribution in [-0.2, 0) is 0 Å². The zero-order valence-electron chi connectivity index (χ0n) is 20.3. The second-order valence-corrected chi connectivity index (χ2v) is 9.85. The van der Waals surface area contributed by atoms with Gasteiger partial charge in [0.1, 0.15) is 18.1 Å². The summed E-state index contributed by atoms with van der Waals surface area (Å²) in [5, 5.41) is 6.12. The van der Waals surface area contributed by atoms with Crippen molar-refractivity contribution in [3.05, 3.63) is 66.4 Å². The Labute approximate surface area is 209 Å². The number of ether oxygens (including phenoxy) is 3. The van der Waals surface area contributed by atoms with Gasteiger partial charge in [-0.05, 0) is 67.1 Å². The minimum atomic E-state index is -0.544. The van der Waals surface area contributed by atoms with E-state index in [1.165, 1.54) is 12.8 Å². The molecule has 4 aromatic rings. The van der Waals surface area contributed by atoms with Crippen molar-refractivity contribution in [2.45, 2.75) is 31.2 Å². The topological polar surface area (TPSA) is 95.7 Å². The van der Waals surface area contributed by atoms with Crippen LogP contribution in [0.15, 0.2) is 60.8 Å². The average molecular weight is 484 g/mol. The van der Waals surface area contributed by atoms with Crippen molar-refractivity contribution in [2.75, 3.05) is 20.3 Å². The minimum absolute atomic E-state index is 0.0716. The van der Waals surface area contributed by atoms with Crippen LogP contribution in [0.2, 0.25) is 0 Å². The summed E-state index contributed by atoms with van der Waals surface area (Å²) in [7, 11) is 1.62. The van der Waals surface area contributed by atoms with Gasteiger partial charge in [-0.15, -0.1) is 0 Å². The molecule has 3 aromatic carbocycles. The maximum atomic E-state index is 12.4. The van der Waals surface area contributed by atoms with E-state index in [4.69, 9.17) is 19.9 Å². The number of fused-ring (bicyclic) bond motifs is 2. The first-order chi connectivity index (χ1) is 17.5. The van der Waals surface area contributed by atoms with E-state index in [1.54, 1.807) is 25.4 Å². The van der Waals surface area contributed by atoms with Gasteiger partial charge in [-0.1, -0.05) is 30.3 Å². The molecule has 1 amide bonds. The lowest BCUT2D eigenvalue weighted by Crippen LogP contribution is -2.38. The van der Waals surface area contributed by atoms with Crippen molar-refractivity contribution in [1.82, 2.24) is 10.3 Å². The van der Waals surface area contributed by atoms with E-state index >= 15 is 0 Å². The second-order valence-electron chi connectivity index (χ2n) is 9.85. The minimum Gasteiger partial charge on any atom is -0.493 e. The molecule has 0 saturated heterocycles. The number of nitrogens with zero attached hydrogens (tertiary/aromatic N) is 1. The van der Waals surface area contributed by atoms with E-state index in [-0.39, 0.29) is 5.54 Å². The molecule has 3 N–H and O–H groups in total. The van der Waals surface area contributed by atoms with Gasteiger partial charge in [-0.25, -0.2) is 0 Å². The van der Waals surface area contributed by atoms with Crippen LogP contribution >= 0.6 is 0 Å². The summed E-state index contributed by atoms with van der Waals surface area (Å²) in [6, 6.07) is 16.8. The standard InChI is InChI=1S/C29H29N3O4/c1-34-25-14-21-22(15-26(25)35-17-29(11-12-29)32-16-18-6-7-18)31-13-10-23(21)36-24-9-8-19-4-2-3-5-20(19)27(24)28(30)33/h2-5,8-10,13-15,18,32H,6-7,11-12,16-17H2,1H3,(H2,30,33). The third-order valence-electron chi connectivity index (χ3n) is 7.16. The first-order valence-electron chi connectivity index (χ1n) is 12.4. The van der Waals surface area contributed by atoms with Crippen molar-refractivity contribution < 1.29 is 19.0 Å². The molecule has 2 aliphatic rings. The molecular formula is C29H29N3O4. The highest BCUT2D eigenvalue weighted by Gasteiger charge is 2.44. The number of primary amides is 1. The number of nitrogens with two attached hydrogens (primary N) is 1. The zero-order valence-corrected chi connectivity index (χ0v) is 20.3. The predicted octanol–water partition coefficient (Wildman–Crippen LogP) is 5.20. The summed E-state index contributed by atoms with van der Waals surface area (Å²) in [6.45, 7) is 1.67. The Morgan fingerprint density at radius 1 is 1.03 bits per heavy atom. The van der Waals surface area contributed by atoms with E-state index in [0.717, 1.165) is 41.5 Å². The molecule has 2 saturated carbocycles. The number of amides is 1. The lowest BCUT2D eigenvalue weighted by atomic mass is 10.0. The van der Waals surface area contributed by atoms with Gasteiger partial charge in [0, 0.05) is 17.6 Å². The van der Waals surface area contributed by atoms with Gasteiger partial charge in [0.25, 0.3) is 5.91 Å². The van der Waals surface area contributed by atoms with Crippen LogP contribution in [0.1, 0.15) is 36.0 Å². The molecule has 1 aromatic heterocycles. The fourth-order valence-corrected chi connectivity index (χ4v) is 4.62. The molecule has 6 rings (SSSR count). The number of carbonyl (C=O) groups is 1. The summed E-state index contributed by atoms with van der Waals surface area (Å²) in [5.41, 5.74) is 6.88. The molecule has 184 valence electrons. The van der Waals surface area contributed by atoms with Gasteiger partial charge >= 0.3 is 0 Å². The monoisotopic (exact) mass is 483 g/mol. The van der Waals surface area contributed by atoms with Crippen LogP contribution in [0.25, 0.3) is 21.7 Å². The summed E-state index contributed by atoms with van der Waals surface area (Å²) < 4.78 is 18.2. The Morgan fingerprint density at radius 2 is 1.86 bits per heavy atom. The number of hydrogen-bond acceptors (Lipinski definition) is 6.